The molecular formula is C46H53N2O5S+. The van der Waals surface area contributed by atoms with Gasteiger partial charge in [0.25, 0.3) is 10.1 Å². The molecule has 282 valence electrons. The van der Waals surface area contributed by atoms with E-state index in [1.807, 2.05) is 30.4 Å². The molecule has 4 aromatic carbocycles. The highest BCUT2D eigenvalue weighted by atomic mass is 32.2. The van der Waals surface area contributed by atoms with Crippen LogP contribution in [0.15, 0.2) is 121 Å². The first-order valence-corrected chi connectivity index (χ1v) is 20.7. The number of unbranched alkanes of at least 4 members (excludes halogenated alkanes) is 3. The molecule has 1 unspecified atom stereocenters. The van der Waals surface area contributed by atoms with Crippen LogP contribution in [0.3, 0.4) is 0 Å². The Morgan fingerprint density at radius 1 is 0.796 bits per heavy atom. The molecule has 6 rings (SSSR count). The quantitative estimate of drug-likeness (QED) is 0.0532. The molecule has 0 saturated carbocycles. The van der Waals surface area contributed by atoms with Crippen LogP contribution < -0.4 is 4.90 Å². The van der Waals surface area contributed by atoms with Gasteiger partial charge in [0.1, 0.15) is 12.3 Å². The van der Waals surface area contributed by atoms with Gasteiger partial charge in [-0.05, 0) is 78.4 Å². The molecule has 2 heterocycles. The molecule has 0 aromatic heterocycles. The Balaban J connectivity index is 1.26. The third kappa shape index (κ3) is 8.07. The summed E-state index contributed by atoms with van der Waals surface area (Å²) in [5.41, 5.74) is 6.04. The van der Waals surface area contributed by atoms with E-state index in [4.69, 9.17) is 4.74 Å². The minimum Gasteiger partial charge on any atom is -0.362 e. The van der Waals surface area contributed by atoms with Crippen molar-refractivity contribution in [2.45, 2.75) is 77.2 Å². The van der Waals surface area contributed by atoms with Gasteiger partial charge in [0.15, 0.2) is 5.60 Å². The fraction of sp³-hybridized carbons (Fsp3) is 0.348. The Kier molecular flexibility index (Phi) is 11.9. The van der Waals surface area contributed by atoms with Crippen LogP contribution in [0.5, 0.6) is 0 Å². The summed E-state index contributed by atoms with van der Waals surface area (Å²) in [4.78, 5) is 14.0. The summed E-state index contributed by atoms with van der Waals surface area (Å²) in [7, 11) is -2.29. The number of methoxy groups -OCH3 is 1. The number of rotatable bonds is 16. The second-order valence-corrected chi connectivity index (χ2v) is 16.7. The van der Waals surface area contributed by atoms with Gasteiger partial charge in [-0.2, -0.15) is 13.0 Å². The van der Waals surface area contributed by atoms with E-state index in [2.05, 4.69) is 115 Å². The van der Waals surface area contributed by atoms with Crippen molar-refractivity contribution in [3.8, 4) is 0 Å². The van der Waals surface area contributed by atoms with Crippen LogP contribution in [0.1, 0.15) is 77.3 Å². The van der Waals surface area contributed by atoms with Gasteiger partial charge in [-0.15, -0.1) is 0 Å². The number of nitrogens with zero attached hydrogens (tertiary/aromatic N) is 2. The van der Waals surface area contributed by atoms with E-state index in [-0.39, 0.29) is 17.0 Å². The number of fused-ring (bicyclic) bond motifs is 6. The summed E-state index contributed by atoms with van der Waals surface area (Å²) in [6.07, 6.45) is 19.1. The number of ketones is 1. The van der Waals surface area contributed by atoms with Crippen LogP contribution in [0.25, 0.3) is 21.5 Å². The standard InChI is InChI=1S/C46H52N2O5S/c1-34(49)20-10-9-17-31-47-39-29-27-35-21-13-15-23-37(35)43(39)45(2,3)41(47)25-11-7-6-8-12-26-42-46(4,53-5)44-38-24-16-14-22-36(38)28-30-40(44)48(42)32-18-19-33-54(50,51)52/h6-8,11-16,21-30H,9-10,17-20,31-33H2,1-5H3/p+1. The molecule has 1 atom stereocenters. The maximum atomic E-state index is 11.5. The Hall–Kier alpha value is -4.63. The monoisotopic (exact) mass is 745 g/mol. The predicted octanol–water partition coefficient (Wildman–Crippen LogP) is 10.1. The van der Waals surface area contributed by atoms with Crippen molar-refractivity contribution in [2.75, 3.05) is 30.9 Å². The lowest BCUT2D eigenvalue weighted by Crippen LogP contribution is -2.33. The molecule has 0 spiro atoms. The summed E-state index contributed by atoms with van der Waals surface area (Å²) in [6, 6.07) is 25.6. The van der Waals surface area contributed by atoms with Gasteiger partial charge in [-0.25, -0.2) is 0 Å². The lowest BCUT2D eigenvalue weighted by molar-refractivity contribution is -0.439. The van der Waals surface area contributed by atoms with Gasteiger partial charge >= 0.3 is 0 Å². The first-order chi connectivity index (χ1) is 25.9. The SMILES string of the molecule is COC1(C)C(/C=C/C=C/C=C/C=C2\N(CCCCCC(C)=O)c3ccc4ccccc4c3C2(C)C)=[N+](CCCCS(=O)(=O)O)c2ccc3ccccc3c21. The number of ether oxygens (including phenoxy) is 1. The minimum atomic E-state index is -4.02. The lowest BCUT2D eigenvalue weighted by Gasteiger charge is -2.27. The highest BCUT2D eigenvalue weighted by molar-refractivity contribution is 7.85. The normalized spacial score (nSPS) is 19.1. The first-order valence-electron chi connectivity index (χ1n) is 19.1. The van der Waals surface area contributed by atoms with Gasteiger partial charge in [0.2, 0.25) is 11.4 Å². The first kappa shape index (κ1) is 39.1. The molecule has 0 saturated heterocycles. The fourth-order valence-electron chi connectivity index (χ4n) is 8.34. The minimum absolute atomic E-state index is 0.197. The summed E-state index contributed by atoms with van der Waals surface area (Å²) >= 11 is 0. The van der Waals surface area contributed by atoms with Crippen molar-refractivity contribution >= 4 is 54.5 Å². The average Bonchev–Trinajstić information content (AvgIpc) is 3.52. The van der Waals surface area contributed by atoms with Crippen molar-refractivity contribution in [2.24, 2.45) is 0 Å². The van der Waals surface area contributed by atoms with E-state index >= 15 is 0 Å². The number of benzene rings is 4. The molecule has 0 amide bonds. The lowest BCUT2D eigenvalue weighted by atomic mass is 9.81. The predicted molar refractivity (Wildman–Crippen MR) is 223 cm³/mol. The van der Waals surface area contributed by atoms with E-state index in [1.165, 1.54) is 27.7 Å². The summed E-state index contributed by atoms with van der Waals surface area (Å²) in [6.45, 7) is 9.86. The third-order valence-corrected chi connectivity index (χ3v) is 11.8. The molecule has 2 aliphatic rings. The van der Waals surface area contributed by atoms with Gasteiger partial charge in [-0.1, -0.05) is 105 Å². The Morgan fingerprint density at radius 2 is 1.44 bits per heavy atom. The number of Topliss-reactive ketones (excluding diaryl/α,β-unsaturated/α-hetero) is 1. The molecule has 2 aliphatic heterocycles. The molecule has 0 aliphatic carbocycles. The van der Waals surface area contributed by atoms with Gasteiger partial charge in [-0.3, -0.25) is 4.55 Å². The van der Waals surface area contributed by atoms with Crippen molar-refractivity contribution in [3.63, 3.8) is 0 Å². The highest BCUT2D eigenvalue weighted by Crippen LogP contribution is 2.51. The van der Waals surface area contributed by atoms with Crippen molar-refractivity contribution in [1.82, 2.24) is 0 Å². The van der Waals surface area contributed by atoms with Crippen LogP contribution >= 0.6 is 0 Å². The van der Waals surface area contributed by atoms with Crippen molar-refractivity contribution < 1.29 is 27.1 Å². The topological polar surface area (TPSA) is 86.9 Å². The second kappa shape index (κ2) is 16.4. The van der Waals surface area contributed by atoms with E-state index in [9.17, 15) is 17.8 Å². The maximum Gasteiger partial charge on any atom is 0.264 e. The number of hydrogen-bond donors (Lipinski definition) is 1. The number of carbonyl (C=O) groups is 1. The van der Waals surface area contributed by atoms with E-state index < -0.39 is 15.7 Å². The van der Waals surface area contributed by atoms with E-state index in [0.29, 0.717) is 25.8 Å². The van der Waals surface area contributed by atoms with E-state index in [0.717, 1.165) is 53.5 Å². The van der Waals surface area contributed by atoms with Crippen molar-refractivity contribution in [3.05, 3.63) is 132 Å². The molecule has 4 aromatic rings. The van der Waals surface area contributed by atoms with Gasteiger partial charge in [0.05, 0.1) is 11.3 Å². The van der Waals surface area contributed by atoms with Crippen LogP contribution in [0.2, 0.25) is 0 Å². The number of hydrogen-bond acceptors (Lipinski definition) is 5. The molecule has 0 bridgehead atoms. The third-order valence-electron chi connectivity index (χ3n) is 11.0. The van der Waals surface area contributed by atoms with Gasteiger partial charge < -0.3 is 14.4 Å². The van der Waals surface area contributed by atoms with Crippen LogP contribution in [-0.4, -0.2) is 55.0 Å². The highest BCUT2D eigenvalue weighted by Gasteiger charge is 2.49. The Labute approximate surface area is 320 Å². The van der Waals surface area contributed by atoms with Crippen LogP contribution in [0.4, 0.5) is 11.4 Å². The summed E-state index contributed by atoms with van der Waals surface area (Å²) < 4.78 is 40.7. The molecule has 1 N–H and O–H groups in total. The molecule has 54 heavy (non-hydrogen) atoms. The molecule has 7 nitrogen and oxygen atoms in total. The van der Waals surface area contributed by atoms with Gasteiger partial charge in [0, 0.05) is 55.4 Å². The fourth-order valence-corrected chi connectivity index (χ4v) is 8.90. The Morgan fingerprint density at radius 3 is 2.13 bits per heavy atom. The average molecular weight is 746 g/mol. The molecule has 8 heteroatoms. The zero-order chi connectivity index (χ0) is 38.5. The summed E-state index contributed by atoms with van der Waals surface area (Å²) in [5, 5.41) is 4.78. The number of carbonyl (C=O) groups excluding carboxylic acids is 1. The van der Waals surface area contributed by atoms with Crippen LogP contribution in [-0.2, 0) is 30.7 Å². The molecule has 0 radical (unpaired) electrons. The smallest absolute Gasteiger partial charge is 0.264 e. The molecule has 0 fully saturated rings. The Bertz CT molecular complexity index is 2310. The van der Waals surface area contributed by atoms with E-state index in [1.54, 1.807) is 14.0 Å². The summed E-state index contributed by atoms with van der Waals surface area (Å²) in [5.74, 6) is -0.00984. The largest absolute Gasteiger partial charge is 0.362 e. The zero-order valence-electron chi connectivity index (χ0n) is 32.2. The second-order valence-electron chi connectivity index (χ2n) is 15.1. The molecular weight excluding hydrogens is 693 g/mol. The number of allylic oxidation sites excluding steroid dienone is 7. The zero-order valence-corrected chi connectivity index (χ0v) is 33.0. The maximum absolute atomic E-state index is 11.5. The van der Waals surface area contributed by atoms with Crippen LogP contribution in [0, 0.1) is 0 Å². The van der Waals surface area contributed by atoms with Crippen molar-refractivity contribution in [1.29, 1.82) is 0 Å². The number of anilines is 1.